The van der Waals surface area contributed by atoms with E-state index >= 15 is 0 Å². The molecule has 0 spiro atoms. The summed E-state index contributed by atoms with van der Waals surface area (Å²) < 4.78 is 5.37. The van der Waals surface area contributed by atoms with Crippen molar-refractivity contribution in [3.8, 4) is 11.5 Å². The zero-order valence-corrected chi connectivity index (χ0v) is 14.7. The molecule has 5 heteroatoms. The summed E-state index contributed by atoms with van der Waals surface area (Å²) in [6, 6.07) is 8.61. The Balaban J connectivity index is 1.49. The zero-order valence-electron chi connectivity index (χ0n) is 14.7. The molecular formula is C20H28N4O. The van der Waals surface area contributed by atoms with Crippen LogP contribution in [0.2, 0.25) is 0 Å². The predicted molar refractivity (Wildman–Crippen MR) is 100 cm³/mol. The highest BCUT2D eigenvalue weighted by Crippen LogP contribution is 2.37. The van der Waals surface area contributed by atoms with Gasteiger partial charge in [-0.05, 0) is 55.9 Å². The molecular weight excluding hydrogens is 312 g/mol. The Bertz CT molecular complexity index is 684. The van der Waals surface area contributed by atoms with Gasteiger partial charge in [-0.3, -0.25) is 0 Å². The molecule has 1 aromatic heterocycles. The molecule has 25 heavy (non-hydrogen) atoms. The van der Waals surface area contributed by atoms with E-state index in [-0.39, 0.29) is 11.6 Å². The van der Waals surface area contributed by atoms with Crippen LogP contribution in [0, 0.1) is 5.92 Å². The maximum absolute atomic E-state index is 6.83. The van der Waals surface area contributed by atoms with Crippen LogP contribution in [0.1, 0.15) is 38.5 Å². The van der Waals surface area contributed by atoms with Gasteiger partial charge in [-0.1, -0.05) is 12.8 Å². The van der Waals surface area contributed by atoms with Crippen molar-refractivity contribution >= 4 is 5.69 Å². The third kappa shape index (κ3) is 3.18. The van der Waals surface area contributed by atoms with E-state index in [0.29, 0.717) is 11.8 Å². The Labute approximate surface area is 149 Å². The van der Waals surface area contributed by atoms with Crippen LogP contribution in [0.3, 0.4) is 0 Å². The van der Waals surface area contributed by atoms with Crippen LogP contribution in [-0.4, -0.2) is 29.7 Å². The van der Waals surface area contributed by atoms with Gasteiger partial charge in [0.15, 0.2) is 0 Å². The monoisotopic (exact) mass is 340 g/mol. The lowest BCUT2D eigenvalue weighted by molar-refractivity contribution is 0.148. The van der Waals surface area contributed by atoms with Crippen LogP contribution < -0.4 is 16.4 Å². The van der Waals surface area contributed by atoms with Gasteiger partial charge in [-0.25, -0.2) is 4.98 Å². The maximum atomic E-state index is 6.83. The molecule has 0 radical (unpaired) electrons. The fourth-order valence-corrected chi connectivity index (χ4v) is 4.59. The van der Waals surface area contributed by atoms with Crippen LogP contribution in [0.5, 0.6) is 0 Å². The molecule has 0 amide bonds. The van der Waals surface area contributed by atoms with Crippen molar-refractivity contribution in [2.45, 2.75) is 50.1 Å². The van der Waals surface area contributed by atoms with Gasteiger partial charge in [-0.15, -0.1) is 0 Å². The molecule has 1 aliphatic heterocycles. The van der Waals surface area contributed by atoms with Gasteiger partial charge in [0.05, 0.1) is 6.20 Å². The molecule has 0 bridgehead atoms. The molecule has 5 nitrogen and oxygen atoms in total. The van der Waals surface area contributed by atoms with E-state index < -0.39 is 0 Å². The molecule has 3 unspecified atom stereocenters. The Morgan fingerprint density at radius 1 is 1.12 bits per heavy atom. The lowest BCUT2D eigenvalue weighted by atomic mass is 9.68. The molecule has 1 aromatic carbocycles. The number of benzene rings is 1. The summed E-state index contributed by atoms with van der Waals surface area (Å²) in [7, 11) is 0. The Morgan fingerprint density at radius 3 is 2.68 bits per heavy atom. The van der Waals surface area contributed by atoms with Gasteiger partial charge in [0.25, 0.3) is 0 Å². The number of nitrogens with zero attached hydrogens (tertiary/aromatic N) is 2. The Hall–Kier alpha value is -1.85. The molecule has 1 saturated carbocycles. The molecule has 4 rings (SSSR count). The average Bonchev–Trinajstić information content (AvgIpc) is 3.19. The number of nitrogens with two attached hydrogens (primary N) is 2. The highest BCUT2D eigenvalue weighted by Gasteiger charge is 2.43. The first-order chi connectivity index (χ1) is 12.2. The van der Waals surface area contributed by atoms with E-state index in [4.69, 9.17) is 15.9 Å². The minimum absolute atomic E-state index is 0.138. The first-order valence-electron chi connectivity index (χ1n) is 9.46. The molecule has 2 fully saturated rings. The van der Waals surface area contributed by atoms with E-state index in [1.54, 1.807) is 12.5 Å². The van der Waals surface area contributed by atoms with Crippen molar-refractivity contribution in [3.63, 3.8) is 0 Å². The number of aromatic nitrogens is 1. The summed E-state index contributed by atoms with van der Waals surface area (Å²) in [6.45, 7) is 2.09. The highest BCUT2D eigenvalue weighted by atomic mass is 16.3. The van der Waals surface area contributed by atoms with Gasteiger partial charge in [0, 0.05) is 35.9 Å². The largest absolute Gasteiger partial charge is 0.445 e. The standard InChI is InChI=1S/C20H28N4O/c21-18-5-1-2-10-20(18,22)16-4-3-12-24(14-16)17-8-6-15(7-9-17)19-23-11-13-25-19/h6-9,11,13,16,18H,1-5,10,12,14,21-22H2. The van der Waals surface area contributed by atoms with Gasteiger partial charge < -0.3 is 20.8 Å². The first kappa shape index (κ1) is 16.6. The first-order valence-corrected chi connectivity index (χ1v) is 9.46. The molecule has 1 saturated heterocycles. The van der Waals surface area contributed by atoms with Gasteiger partial charge in [-0.2, -0.15) is 0 Å². The van der Waals surface area contributed by atoms with Crippen molar-refractivity contribution in [3.05, 3.63) is 36.7 Å². The van der Waals surface area contributed by atoms with E-state index in [1.165, 1.54) is 31.4 Å². The predicted octanol–water partition coefficient (Wildman–Crippen LogP) is 3.16. The normalized spacial score (nSPS) is 30.4. The molecule has 134 valence electrons. The number of hydrogen-bond acceptors (Lipinski definition) is 5. The quantitative estimate of drug-likeness (QED) is 0.897. The molecule has 4 N–H and O–H groups in total. The SMILES string of the molecule is NC1CCCCC1(N)C1CCCN(c2ccc(-c3ncco3)cc2)C1. The van der Waals surface area contributed by atoms with Crippen LogP contribution in [0.4, 0.5) is 5.69 Å². The minimum atomic E-state index is -0.199. The lowest BCUT2D eigenvalue weighted by Gasteiger charge is -2.49. The second kappa shape index (κ2) is 6.81. The summed E-state index contributed by atoms with van der Waals surface area (Å²) in [5.41, 5.74) is 15.3. The van der Waals surface area contributed by atoms with Gasteiger partial charge in [0.2, 0.25) is 5.89 Å². The van der Waals surface area contributed by atoms with Crippen LogP contribution in [0.25, 0.3) is 11.5 Å². The highest BCUT2D eigenvalue weighted by molar-refractivity contribution is 5.59. The van der Waals surface area contributed by atoms with Crippen molar-refractivity contribution < 1.29 is 4.42 Å². The average molecular weight is 340 g/mol. The van der Waals surface area contributed by atoms with E-state index in [1.807, 2.05) is 0 Å². The second-order valence-corrected chi connectivity index (χ2v) is 7.63. The van der Waals surface area contributed by atoms with Gasteiger partial charge in [0.1, 0.15) is 6.26 Å². The van der Waals surface area contributed by atoms with Crippen LogP contribution >= 0.6 is 0 Å². The number of hydrogen-bond donors (Lipinski definition) is 2. The van der Waals surface area contributed by atoms with Crippen LogP contribution in [-0.2, 0) is 0 Å². The third-order valence-corrected chi connectivity index (χ3v) is 6.16. The Morgan fingerprint density at radius 2 is 1.96 bits per heavy atom. The molecule has 2 heterocycles. The van der Waals surface area contributed by atoms with Crippen LogP contribution in [0.15, 0.2) is 41.1 Å². The fourth-order valence-electron chi connectivity index (χ4n) is 4.59. The fraction of sp³-hybridized carbons (Fsp3) is 0.550. The van der Waals surface area contributed by atoms with Crippen molar-refractivity contribution in [1.82, 2.24) is 4.98 Å². The zero-order chi connectivity index (χ0) is 17.3. The third-order valence-electron chi connectivity index (χ3n) is 6.16. The van der Waals surface area contributed by atoms with Crippen molar-refractivity contribution in [2.75, 3.05) is 18.0 Å². The summed E-state index contributed by atoms with van der Waals surface area (Å²) >= 11 is 0. The number of rotatable bonds is 3. The van der Waals surface area contributed by atoms with Crippen molar-refractivity contribution in [2.24, 2.45) is 17.4 Å². The maximum Gasteiger partial charge on any atom is 0.225 e. The summed E-state index contributed by atoms with van der Waals surface area (Å²) in [4.78, 5) is 6.67. The summed E-state index contributed by atoms with van der Waals surface area (Å²) in [6.07, 6.45) is 10.2. The lowest BCUT2D eigenvalue weighted by Crippen LogP contribution is -2.64. The van der Waals surface area contributed by atoms with Crippen molar-refractivity contribution in [1.29, 1.82) is 0 Å². The molecule has 3 atom stereocenters. The van der Waals surface area contributed by atoms with E-state index in [9.17, 15) is 0 Å². The second-order valence-electron chi connectivity index (χ2n) is 7.63. The Kier molecular flexibility index (Phi) is 4.52. The molecule has 2 aliphatic rings. The smallest absolute Gasteiger partial charge is 0.225 e. The van der Waals surface area contributed by atoms with Gasteiger partial charge >= 0.3 is 0 Å². The number of anilines is 1. The summed E-state index contributed by atoms with van der Waals surface area (Å²) in [5.74, 6) is 1.14. The van der Waals surface area contributed by atoms with E-state index in [0.717, 1.165) is 31.5 Å². The summed E-state index contributed by atoms with van der Waals surface area (Å²) in [5, 5.41) is 0. The topological polar surface area (TPSA) is 81.3 Å². The molecule has 1 aliphatic carbocycles. The minimum Gasteiger partial charge on any atom is -0.445 e. The number of oxazole rings is 1. The molecule has 2 aromatic rings. The van der Waals surface area contributed by atoms with E-state index in [2.05, 4.69) is 34.1 Å². The number of piperidine rings is 1.